The van der Waals surface area contributed by atoms with Gasteiger partial charge >= 0.3 is 0 Å². The van der Waals surface area contributed by atoms with E-state index >= 15 is 0 Å². The quantitative estimate of drug-likeness (QED) is 0.441. The molecule has 1 aromatic carbocycles. The van der Waals surface area contributed by atoms with Crippen LogP contribution in [-0.2, 0) is 13.2 Å². The van der Waals surface area contributed by atoms with E-state index in [1.54, 1.807) is 35.1 Å². The van der Waals surface area contributed by atoms with E-state index in [2.05, 4.69) is 26.3 Å². The minimum atomic E-state index is -0.275. The maximum Gasteiger partial charge on any atom is 0.286 e. The first-order valence-corrected chi connectivity index (χ1v) is 10.1. The Hall–Kier alpha value is -1.96. The number of nitrogens with one attached hydrogen (secondary N) is 1. The van der Waals surface area contributed by atoms with Crippen LogP contribution in [0.25, 0.3) is 0 Å². The molecule has 0 bridgehead atoms. The number of hydrogen-bond donors (Lipinski definition) is 1. The minimum Gasteiger partial charge on any atom is -0.484 e. The molecule has 2 heterocycles. The maximum absolute atomic E-state index is 12.2. The van der Waals surface area contributed by atoms with E-state index in [0.717, 1.165) is 16.6 Å². The van der Waals surface area contributed by atoms with E-state index in [1.165, 1.54) is 0 Å². The molecule has 0 spiro atoms. The molecule has 0 atom stereocenters. The molecular formula is C19H18BrCl2N3O3. The van der Waals surface area contributed by atoms with Crippen LogP contribution < -0.4 is 10.1 Å². The first kappa shape index (κ1) is 20.8. The fraction of sp³-hybridized carbons (Fsp3) is 0.263. The minimum absolute atomic E-state index is 0.175. The van der Waals surface area contributed by atoms with Crippen LogP contribution in [0.3, 0.4) is 0 Å². The highest BCUT2D eigenvalue weighted by atomic mass is 79.9. The largest absolute Gasteiger partial charge is 0.484 e. The lowest BCUT2D eigenvalue weighted by Gasteiger charge is -2.06. The standard InChI is InChI=1S/C19H18BrCl2N3O3/c1-12-16(22)10-25(24-12)8-2-7-23-19(26)18-6-4-14(28-18)11-27-17-5-3-13(20)9-15(17)21/h3-6,9-10H,2,7-8,11H2,1H3,(H,23,26). The predicted molar refractivity (Wildman–Crippen MR) is 111 cm³/mol. The van der Waals surface area contributed by atoms with Crippen LogP contribution >= 0.6 is 39.1 Å². The molecule has 0 radical (unpaired) electrons. The first-order valence-electron chi connectivity index (χ1n) is 8.56. The smallest absolute Gasteiger partial charge is 0.286 e. The molecule has 3 aromatic rings. The maximum atomic E-state index is 12.2. The number of aryl methyl sites for hydroxylation is 2. The zero-order valence-electron chi connectivity index (χ0n) is 15.0. The molecule has 9 heteroatoms. The molecule has 2 aromatic heterocycles. The summed E-state index contributed by atoms with van der Waals surface area (Å²) in [6.07, 6.45) is 2.50. The van der Waals surface area contributed by atoms with E-state index in [-0.39, 0.29) is 18.3 Å². The van der Waals surface area contributed by atoms with Crippen molar-refractivity contribution in [1.82, 2.24) is 15.1 Å². The number of aromatic nitrogens is 2. The second kappa shape index (κ2) is 9.49. The average Bonchev–Trinajstić information content (AvgIpc) is 3.25. The van der Waals surface area contributed by atoms with Crippen LogP contribution in [0.2, 0.25) is 10.0 Å². The van der Waals surface area contributed by atoms with Crippen LogP contribution in [-0.4, -0.2) is 22.2 Å². The van der Waals surface area contributed by atoms with Gasteiger partial charge in [0.15, 0.2) is 5.76 Å². The Morgan fingerprint density at radius 2 is 2.11 bits per heavy atom. The third-order valence-corrected chi connectivity index (χ3v) is 5.05. The van der Waals surface area contributed by atoms with Gasteiger partial charge in [0.25, 0.3) is 5.91 Å². The van der Waals surface area contributed by atoms with Crippen molar-refractivity contribution in [3.05, 3.63) is 68.3 Å². The number of amides is 1. The Bertz CT molecular complexity index is 952. The van der Waals surface area contributed by atoms with Crippen LogP contribution in [0.1, 0.15) is 28.4 Å². The van der Waals surface area contributed by atoms with Crippen molar-refractivity contribution >= 4 is 45.0 Å². The molecule has 1 N–H and O–H groups in total. The molecule has 0 saturated carbocycles. The van der Waals surface area contributed by atoms with E-state index in [1.807, 2.05) is 13.0 Å². The van der Waals surface area contributed by atoms with Crippen molar-refractivity contribution in [3.8, 4) is 5.75 Å². The predicted octanol–water partition coefficient (Wildman–Crippen LogP) is 5.25. The molecule has 0 unspecified atom stereocenters. The van der Waals surface area contributed by atoms with Gasteiger partial charge in [-0.1, -0.05) is 39.1 Å². The highest BCUT2D eigenvalue weighted by Crippen LogP contribution is 2.28. The van der Waals surface area contributed by atoms with Crippen molar-refractivity contribution in [1.29, 1.82) is 0 Å². The van der Waals surface area contributed by atoms with Gasteiger partial charge in [-0.25, -0.2) is 0 Å². The normalized spacial score (nSPS) is 10.9. The van der Waals surface area contributed by atoms with E-state index in [9.17, 15) is 4.79 Å². The van der Waals surface area contributed by atoms with Gasteiger partial charge in [0.1, 0.15) is 18.1 Å². The van der Waals surface area contributed by atoms with Gasteiger partial charge in [0, 0.05) is 23.8 Å². The van der Waals surface area contributed by atoms with Gasteiger partial charge in [-0.05, 0) is 43.7 Å². The van der Waals surface area contributed by atoms with E-state index in [0.29, 0.717) is 34.6 Å². The number of carbonyl (C=O) groups excluding carboxylic acids is 1. The van der Waals surface area contributed by atoms with Crippen molar-refractivity contribution in [2.75, 3.05) is 6.54 Å². The van der Waals surface area contributed by atoms with Gasteiger partial charge in [-0.3, -0.25) is 9.48 Å². The van der Waals surface area contributed by atoms with E-state index in [4.69, 9.17) is 32.4 Å². The number of halogens is 3. The van der Waals surface area contributed by atoms with Gasteiger partial charge in [-0.15, -0.1) is 0 Å². The summed E-state index contributed by atoms with van der Waals surface area (Å²) in [5, 5.41) is 8.22. The van der Waals surface area contributed by atoms with Crippen molar-refractivity contribution in [3.63, 3.8) is 0 Å². The molecule has 0 aliphatic rings. The lowest BCUT2D eigenvalue weighted by atomic mass is 10.3. The Kier molecular flexibility index (Phi) is 7.04. The van der Waals surface area contributed by atoms with Crippen LogP contribution in [0.5, 0.6) is 5.75 Å². The van der Waals surface area contributed by atoms with Crippen LogP contribution in [0, 0.1) is 6.92 Å². The fourth-order valence-corrected chi connectivity index (χ4v) is 3.34. The molecule has 148 valence electrons. The zero-order chi connectivity index (χ0) is 20.1. The van der Waals surface area contributed by atoms with Gasteiger partial charge in [0.2, 0.25) is 0 Å². The first-order chi connectivity index (χ1) is 13.4. The van der Waals surface area contributed by atoms with Gasteiger partial charge < -0.3 is 14.5 Å². The lowest BCUT2D eigenvalue weighted by Crippen LogP contribution is -2.24. The second-order valence-electron chi connectivity index (χ2n) is 6.06. The summed E-state index contributed by atoms with van der Waals surface area (Å²) in [6, 6.07) is 8.67. The summed E-state index contributed by atoms with van der Waals surface area (Å²) < 4.78 is 13.8. The summed E-state index contributed by atoms with van der Waals surface area (Å²) in [4.78, 5) is 12.2. The summed E-state index contributed by atoms with van der Waals surface area (Å²) in [5.74, 6) is 1.04. The Balaban J connectivity index is 1.44. The molecule has 1 amide bonds. The average molecular weight is 487 g/mol. The Morgan fingerprint density at radius 1 is 1.29 bits per heavy atom. The second-order valence-corrected chi connectivity index (χ2v) is 7.79. The number of benzene rings is 1. The summed E-state index contributed by atoms with van der Waals surface area (Å²) in [5.41, 5.74) is 0.792. The summed E-state index contributed by atoms with van der Waals surface area (Å²) in [7, 11) is 0. The van der Waals surface area contributed by atoms with Crippen molar-refractivity contribution in [2.45, 2.75) is 26.5 Å². The molecule has 0 saturated heterocycles. The summed E-state index contributed by atoms with van der Waals surface area (Å²) in [6.45, 7) is 3.19. The van der Waals surface area contributed by atoms with Crippen LogP contribution in [0.15, 0.2) is 45.4 Å². The van der Waals surface area contributed by atoms with Gasteiger partial charge in [-0.2, -0.15) is 5.10 Å². The molecule has 28 heavy (non-hydrogen) atoms. The van der Waals surface area contributed by atoms with Gasteiger partial charge in [0.05, 0.1) is 15.7 Å². The molecule has 0 aliphatic carbocycles. The number of rotatable bonds is 8. The van der Waals surface area contributed by atoms with Crippen molar-refractivity contribution in [2.24, 2.45) is 0 Å². The monoisotopic (exact) mass is 485 g/mol. The fourth-order valence-electron chi connectivity index (χ4n) is 2.46. The number of carbonyl (C=O) groups is 1. The highest BCUT2D eigenvalue weighted by Gasteiger charge is 2.12. The van der Waals surface area contributed by atoms with E-state index < -0.39 is 0 Å². The number of nitrogens with zero attached hydrogens (tertiary/aromatic N) is 2. The number of furan rings is 1. The Labute approximate surface area is 180 Å². The third-order valence-electron chi connectivity index (χ3n) is 3.89. The lowest BCUT2D eigenvalue weighted by molar-refractivity contribution is 0.0921. The number of hydrogen-bond acceptors (Lipinski definition) is 4. The Morgan fingerprint density at radius 3 is 2.82 bits per heavy atom. The third kappa shape index (κ3) is 5.53. The van der Waals surface area contributed by atoms with Crippen LogP contribution in [0.4, 0.5) is 0 Å². The van der Waals surface area contributed by atoms with Crippen molar-refractivity contribution < 1.29 is 13.9 Å². The molecular weight excluding hydrogens is 469 g/mol. The molecule has 6 nitrogen and oxygen atoms in total. The topological polar surface area (TPSA) is 69.3 Å². The zero-order valence-corrected chi connectivity index (χ0v) is 18.1. The molecule has 0 aliphatic heterocycles. The molecule has 0 fully saturated rings. The SMILES string of the molecule is Cc1nn(CCCNC(=O)c2ccc(COc3ccc(Br)cc3Cl)o2)cc1Cl. The highest BCUT2D eigenvalue weighted by molar-refractivity contribution is 9.10. The molecule has 3 rings (SSSR count). The number of ether oxygens (including phenoxy) is 1. The summed E-state index contributed by atoms with van der Waals surface area (Å²) >= 11 is 15.4.